The number of hydrogen-bond acceptors (Lipinski definition) is 2. The van der Waals surface area contributed by atoms with E-state index >= 15 is 0 Å². The number of nitriles is 1. The molecule has 0 aliphatic heterocycles. The van der Waals surface area contributed by atoms with Crippen molar-refractivity contribution in [2.75, 3.05) is 0 Å². The van der Waals surface area contributed by atoms with Crippen molar-refractivity contribution in [2.45, 2.75) is 6.18 Å². The first-order chi connectivity index (χ1) is 11.4. The van der Waals surface area contributed by atoms with E-state index in [1.165, 1.54) is 24.3 Å². The molecular formula is C18H12F3N3. The van der Waals surface area contributed by atoms with Gasteiger partial charge in [-0.3, -0.25) is 0 Å². The van der Waals surface area contributed by atoms with Gasteiger partial charge in [-0.25, -0.2) is 4.98 Å². The van der Waals surface area contributed by atoms with Crippen LogP contribution in [0.1, 0.15) is 17.0 Å². The molecule has 0 aliphatic rings. The first kappa shape index (κ1) is 15.8. The average molecular weight is 327 g/mol. The molecule has 0 saturated heterocycles. The minimum atomic E-state index is -4.49. The van der Waals surface area contributed by atoms with Crippen LogP contribution in [0, 0.1) is 11.3 Å². The molecule has 3 nitrogen and oxygen atoms in total. The maximum Gasteiger partial charge on any atom is 0.416 e. The Bertz CT molecular complexity index is 975. The number of imidazole rings is 1. The van der Waals surface area contributed by atoms with Crippen molar-refractivity contribution in [1.82, 2.24) is 9.55 Å². The van der Waals surface area contributed by atoms with Crippen LogP contribution in [0.4, 0.5) is 13.2 Å². The molecule has 0 saturated carbocycles. The van der Waals surface area contributed by atoms with Gasteiger partial charge in [-0.15, -0.1) is 0 Å². The summed E-state index contributed by atoms with van der Waals surface area (Å²) in [7, 11) is 1.73. The molecule has 0 unspecified atom stereocenters. The molecule has 1 aromatic heterocycles. The van der Waals surface area contributed by atoms with Crippen molar-refractivity contribution in [3.8, 4) is 6.07 Å². The molecular weight excluding hydrogens is 315 g/mol. The highest BCUT2D eigenvalue weighted by Crippen LogP contribution is 2.33. The van der Waals surface area contributed by atoms with Crippen molar-refractivity contribution in [3.63, 3.8) is 0 Å². The number of benzene rings is 2. The fraction of sp³-hybridized carbons (Fsp3) is 0.111. The average Bonchev–Trinajstić information content (AvgIpc) is 2.89. The molecule has 1 heterocycles. The molecule has 0 radical (unpaired) electrons. The normalized spacial score (nSPS) is 12.4. The number of aromatic nitrogens is 2. The van der Waals surface area contributed by atoms with Crippen LogP contribution in [-0.4, -0.2) is 9.55 Å². The lowest BCUT2D eigenvalue weighted by molar-refractivity contribution is -0.137. The van der Waals surface area contributed by atoms with E-state index in [1.807, 2.05) is 24.3 Å². The van der Waals surface area contributed by atoms with Gasteiger partial charge in [0.15, 0.2) is 5.82 Å². The molecule has 0 aliphatic carbocycles. The van der Waals surface area contributed by atoms with E-state index < -0.39 is 11.7 Å². The summed E-state index contributed by atoms with van der Waals surface area (Å²) < 4.78 is 41.1. The number of aryl methyl sites for hydroxylation is 1. The van der Waals surface area contributed by atoms with Gasteiger partial charge in [0.25, 0.3) is 0 Å². The number of allylic oxidation sites excluding steroid dienone is 1. The Morgan fingerprint density at radius 3 is 2.46 bits per heavy atom. The van der Waals surface area contributed by atoms with E-state index in [9.17, 15) is 18.4 Å². The molecule has 0 bridgehead atoms. The molecule has 0 amide bonds. The summed E-state index contributed by atoms with van der Waals surface area (Å²) in [6, 6.07) is 14.4. The van der Waals surface area contributed by atoms with Crippen molar-refractivity contribution in [2.24, 2.45) is 7.05 Å². The Hall–Kier alpha value is -3.07. The standard InChI is InChI=1S/C18H12F3N3/c1-24-16-9-5-4-8-15(16)23-17(24)13(11-22)10-12-6-2-3-7-14(12)18(19,20)21/h2-10H,1H3/b13-10+. The topological polar surface area (TPSA) is 41.6 Å². The molecule has 0 atom stereocenters. The molecule has 120 valence electrons. The summed E-state index contributed by atoms with van der Waals surface area (Å²) >= 11 is 0. The molecule has 0 N–H and O–H groups in total. The summed E-state index contributed by atoms with van der Waals surface area (Å²) in [6.07, 6.45) is -3.26. The van der Waals surface area contributed by atoms with Crippen LogP contribution < -0.4 is 0 Å². The van der Waals surface area contributed by atoms with E-state index in [2.05, 4.69) is 4.98 Å². The van der Waals surface area contributed by atoms with E-state index in [4.69, 9.17) is 0 Å². The van der Waals surface area contributed by atoms with Gasteiger partial charge >= 0.3 is 6.18 Å². The number of halogens is 3. The second-order valence-corrected chi connectivity index (χ2v) is 5.24. The fourth-order valence-corrected chi connectivity index (χ4v) is 2.57. The minimum Gasteiger partial charge on any atom is -0.327 e. The summed E-state index contributed by atoms with van der Waals surface area (Å²) in [6.45, 7) is 0. The number of nitrogens with zero attached hydrogens (tertiary/aromatic N) is 3. The van der Waals surface area contributed by atoms with Crippen LogP contribution in [0.25, 0.3) is 22.7 Å². The Balaban J connectivity index is 2.18. The van der Waals surface area contributed by atoms with Crippen LogP contribution in [-0.2, 0) is 13.2 Å². The van der Waals surface area contributed by atoms with Gasteiger partial charge in [0.2, 0.25) is 0 Å². The van der Waals surface area contributed by atoms with Crippen LogP contribution in [0.3, 0.4) is 0 Å². The van der Waals surface area contributed by atoms with Gasteiger partial charge < -0.3 is 4.57 Å². The lowest BCUT2D eigenvalue weighted by atomic mass is 10.0. The number of fused-ring (bicyclic) bond motifs is 1. The Kier molecular flexibility index (Phi) is 3.86. The number of para-hydroxylation sites is 2. The van der Waals surface area contributed by atoms with Gasteiger partial charge in [-0.1, -0.05) is 30.3 Å². The molecule has 0 fully saturated rings. The molecule has 6 heteroatoms. The number of rotatable bonds is 2. The predicted octanol–water partition coefficient (Wildman–Crippen LogP) is 4.66. The lowest BCUT2D eigenvalue weighted by Gasteiger charge is -2.10. The third-order valence-electron chi connectivity index (χ3n) is 3.71. The first-order valence-corrected chi connectivity index (χ1v) is 7.11. The molecule has 3 rings (SSSR count). The zero-order valence-corrected chi connectivity index (χ0v) is 12.7. The smallest absolute Gasteiger partial charge is 0.327 e. The van der Waals surface area contributed by atoms with E-state index in [0.29, 0.717) is 11.3 Å². The van der Waals surface area contributed by atoms with Crippen molar-refractivity contribution in [1.29, 1.82) is 5.26 Å². The van der Waals surface area contributed by atoms with Gasteiger partial charge in [-0.2, -0.15) is 18.4 Å². The van der Waals surface area contributed by atoms with Gasteiger partial charge in [0, 0.05) is 7.05 Å². The summed E-state index contributed by atoms with van der Waals surface area (Å²) in [5.74, 6) is 0.329. The quantitative estimate of drug-likeness (QED) is 0.643. The van der Waals surface area contributed by atoms with Gasteiger partial charge in [-0.05, 0) is 29.8 Å². The Morgan fingerprint density at radius 1 is 1.12 bits per heavy atom. The summed E-state index contributed by atoms with van der Waals surface area (Å²) in [4.78, 5) is 4.36. The van der Waals surface area contributed by atoms with Gasteiger partial charge in [0.1, 0.15) is 6.07 Å². The first-order valence-electron chi connectivity index (χ1n) is 7.11. The second kappa shape index (κ2) is 5.85. The number of alkyl halides is 3. The Labute approximate surface area is 136 Å². The Morgan fingerprint density at radius 2 is 1.79 bits per heavy atom. The zero-order valence-electron chi connectivity index (χ0n) is 12.7. The van der Waals surface area contributed by atoms with Crippen LogP contribution in [0.2, 0.25) is 0 Å². The summed E-state index contributed by atoms with van der Waals surface area (Å²) in [5, 5.41) is 9.43. The van der Waals surface area contributed by atoms with E-state index in [-0.39, 0.29) is 11.1 Å². The molecule has 2 aromatic carbocycles. The molecule has 24 heavy (non-hydrogen) atoms. The van der Waals surface area contributed by atoms with Gasteiger partial charge in [0.05, 0.1) is 22.2 Å². The largest absolute Gasteiger partial charge is 0.416 e. The maximum absolute atomic E-state index is 13.1. The van der Waals surface area contributed by atoms with Crippen LogP contribution >= 0.6 is 0 Å². The van der Waals surface area contributed by atoms with E-state index in [1.54, 1.807) is 17.7 Å². The zero-order chi connectivity index (χ0) is 17.3. The number of hydrogen-bond donors (Lipinski definition) is 0. The maximum atomic E-state index is 13.1. The highest BCUT2D eigenvalue weighted by Gasteiger charge is 2.32. The molecule has 0 spiro atoms. The predicted molar refractivity (Wildman–Crippen MR) is 85.6 cm³/mol. The lowest BCUT2D eigenvalue weighted by Crippen LogP contribution is -2.07. The van der Waals surface area contributed by atoms with Crippen LogP contribution in [0.5, 0.6) is 0 Å². The monoisotopic (exact) mass is 327 g/mol. The highest BCUT2D eigenvalue weighted by atomic mass is 19.4. The highest BCUT2D eigenvalue weighted by molar-refractivity contribution is 5.91. The minimum absolute atomic E-state index is 0.0615. The SMILES string of the molecule is Cn1c(/C(C#N)=C/c2ccccc2C(F)(F)F)nc2ccccc21. The van der Waals surface area contributed by atoms with Crippen molar-refractivity contribution < 1.29 is 13.2 Å². The third-order valence-corrected chi connectivity index (χ3v) is 3.71. The van der Waals surface area contributed by atoms with Crippen molar-refractivity contribution in [3.05, 3.63) is 65.5 Å². The van der Waals surface area contributed by atoms with Crippen LogP contribution in [0.15, 0.2) is 48.5 Å². The fourth-order valence-electron chi connectivity index (χ4n) is 2.57. The van der Waals surface area contributed by atoms with E-state index in [0.717, 1.165) is 11.6 Å². The third kappa shape index (κ3) is 2.76. The molecule has 3 aromatic rings. The summed E-state index contributed by atoms with van der Waals surface area (Å²) in [5.41, 5.74) is 0.716. The second-order valence-electron chi connectivity index (χ2n) is 5.24. The van der Waals surface area contributed by atoms with Crippen molar-refractivity contribution >= 4 is 22.7 Å².